The van der Waals surface area contributed by atoms with Gasteiger partial charge in [-0.25, -0.2) is 4.98 Å². The summed E-state index contributed by atoms with van der Waals surface area (Å²) in [6.07, 6.45) is 6.13. The van der Waals surface area contributed by atoms with Crippen LogP contribution in [0.5, 0.6) is 0 Å². The molecule has 1 aliphatic rings. The molecule has 2 aromatic heterocycles. The maximum atomic E-state index is 12.3. The van der Waals surface area contributed by atoms with Crippen molar-refractivity contribution in [2.45, 2.75) is 19.3 Å². The summed E-state index contributed by atoms with van der Waals surface area (Å²) >= 11 is 0. The molecule has 0 radical (unpaired) electrons. The summed E-state index contributed by atoms with van der Waals surface area (Å²) in [5.74, 6) is 0.873. The monoisotopic (exact) mass is 246 g/mol. The number of aromatic nitrogens is 1. The first-order valence-corrected chi connectivity index (χ1v) is 6.13. The third-order valence-electron chi connectivity index (χ3n) is 3.16. The van der Waals surface area contributed by atoms with E-state index in [2.05, 4.69) is 4.98 Å². The molecule has 3 heterocycles. The number of rotatable bonds is 2. The van der Waals surface area contributed by atoms with E-state index in [1.807, 2.05) is 4.90 Å². The summed E-state index contributed by atoms with van der Waals surface area (Å²) in [5.41, 5.74) is 0.340. The third-order valence-corrected chi connectivity index (χ3v) is 3.16. The van der Waals surface area contributed by atoms with Crippen molar-refractivity contribution in [3.05, 3.63) is 30.5 Å². The van der Waals surface area contributed by atoms with E-state index in [9.17, 15) is 4.79 Å². The Morgan fingerprint density at radius 1 is 1.22 bits per heavy atom. The Kier molecular flexibility index (Phi) is 2.88. The number of furan rings is 1. The zero-order valence-electron chi connectivity index (χ0n) is 9.96. The van der Waals surface area contributed by atoms with E-state index in [0.29, 0.717) is 17.2 Å². The molecule has 0 atom stereocenters. The number of piperidine rings is 1. The molecule has 0 aliphatic carbocycles. The van der Waals surface area contributed by atoms with Gasteiger partial charge < -0.3 is 13.7 Å². The fourth-order valence-electron chi connectivity index (χ4n) is 2.23. The maximum Gasteiger partial charge on any atom is 0.276 e. The van der Waals surface area contributed by atoms with E-state index < -0.39 is 0 Å². The first-order chi connectivity index (χ1) is 8.86. The highest BCUT2D eigenvalue weighted by molar-refractivity contribution is 5.97. The van der Waals surface area contributed by atoms with Crippen LogP contribution in [0, 0.1) is 0 Å². The topological polar surface area (TPSA) is 59.5 Å². The molecule has 1 fully saturated rings. The normalized spacial score (nSPS) is 15.9. The molecular formula is C13H14N2O3. The summed E-state index contributed by atoms with van der Waals surface area (Å²) in [7, 11) is 0. The van der Waals surface area contributed by atoms with Crippen molar-refractivity contribution in [1.29, 1.82) is 0 Å². The number of hydrogen-bond donors (Lipinski definition) is 0. The Hall–Kier alpha value is -2.04. The van der Waals surface area contributed by atoms with E-state index in [0.717, 1.165) is 25.9 Å². The maximum absolute atomic E-state index is 12.3. The van der Waals surface area contributed by atoms with Crippen LogP contribution in [0.1, 0.15) is 29.8 Å². The minimum absolute atomic E-state index is 0.0742. The molecule has 0 unspecified atom stereocenters. The SMILES string of the molecule is O=C(c1ncoc1-c1ccco1)N1CCCCC1. The molecule has 5 nitrogen and oxygen atoms in total. The summed E-state index contributed by atoms with van der Waals surface area (Å²) in [6, 6.07) is 3.51. The van der Waals surface area contributed by atoms with Gasteiger partial charge in [0.1, 0.15) is 0 Å². The fraction of sp³-hybridized carbons (Fsp3) is 0.385. The van der Waals surface area contributed by atoms with Crippen molar-refractivity contribution in [3.8, 4) is 11.5 Å². The van der Waals surface area contributed by atoms with Gasteiger partial charge in [0, 0.05) is 13.1 Å². The standard InChI is InChI=1S/C13H14N2O3/c16-13(15-6-2-1-3-7-15)11-12(18-9-14-11)10-5-4-8-17-10/h4-5,8-9H,1-3,6-7H2. The largest absolute Gasteiger partial charge is 0.461 e. The molecule has 0 N–H and O–H groups in total. The number of likely N-dealkylation sites (tertiary alicyclic amines) is 1. The van der Waals surface area contributed by atoms with Gasteiger partial charge in [-0.2, -0.15) is 0 Å². The second kappa shape index (κ2) is 4.68. The van der Waals surface area contributed by atoms with Crippen molar-refractivity contribution in [3.63, 3.8) is 0 Å². The second-order valence-electron chi connectivity index (χ2n) is 4.36. The lowest BCUT2D eigenvalue weighted by Gasteiger charge is -2.25. The third kappa shape index (κ3) is 1.92. The number of oxazole rings is 1. The minimum atomic E-state index is -0.0742. The molecule has 5 heteroatoms. The molecule has 94 valence electrons. The van der Waals surface area contributed by atoms with Gasteiger partial charge in [-0.3, -0.25) is 4.79 Å². The Labute approximate surface area is 104 Å². The summed E-state index contributed by atoms with van der Waals surface area (Å²) in [4.78, 5) is 18.2. The molecule has 0 aromatic carbocycles. The first kappa shape index (κ1) is 11.1. The quantitative estimate of drug-likeness (QED) is 0.817. The van der Waals surface area contributed by atoms with Gasteiger partial charge in [-0.05, 0) is 31.4 Å². The molecule has 1 aliphatic heterocycles. The van der Waals surface area contributed by atoms with Crippen molar-refractivity contribution >= 4 is 5.91 Å². The lowest BCUT2D eigenvalue weighted by atomic mass is 10.1. The Bertz CT molecular complexity index is 524. The lowest BCUT2D eigenvalue weighted by molar-refractivity contribution is 0.0719. The zero-order chi connectivity index (χ0) is 12.4. The number of amides is 1. The molecule has 1 saturated heterocycles. The van der Waals surface area contributed by atoms with Crippen LogP contribution >= 0.6 is 0 Å². The van der Waals surface area contributed by atoms with Crippen LogP contribution in [0.4, 0.5) is 0 Å². The number of hydrogen-bond acceptors (Lipinski definition) is 4. The molecule has 0 saturated carbocycles. The predicted molar refractivity (Wildman–Crippen MR) is 64.0 cm³/mol. The second-order valence-corrected chi connectivity index (χ2v) is 4.36. The van der Waals surface area contributed by atoms with Crippen molar-refractivity contribution < 1.29 is 13.6 Å². The number of carbonyl (C=O) groups excluding carboxylic acids is 1. The van der Waals surface area contributed by atoms with Crippen molar-refractivity contribution in [1.82, 2.24) is 9.88 Å². The van der Waals surface area contributed by atoms with Gasteiger partial charge in [-0.1, -0.05) is 0 Å². The van der Waals surface area contributed by atoms with E-state index in [-0.39, 0.29) is 5.91 Å². The molecule has 0 spiro atoms. The summed E-state index contributed by atoms with van der Waals surface area (Å²) < 4.78 is 10.5. The van der Waals surface area contributed by atoms with Crippen molar-refractivity contribution in [2.75, 3.05) is 13.1 Å². The van der Waals surface area contributed by atoms with Crippen LogP contribution in [0.3, 0.4) is 0 Å². The first-order valence-electron chi connectivity index (χ1n) is 6.13. The predicted octanol–water partition coefficient (Wildman–Crippen LogP) is 2.56. The lowest BCUT2D eigenvalue weighted by Crippen LogP contribution is -2.36. The number of nitrogens with zero attached hydrogens (tertiary/aromatic N) is 2. The number of carbonyl (C=O) groups is 1. The average molecular weight is 246 g/mol. The van der Waals surface area contributed by atoms with Crippen LogP contribution in [0.2, 0.25) is 0 Å². The molecule has 1 amide bonds. The van der Waals surface area contributed by atoms with Crippen LogP contribution in [0.25, 0.3) is 11.5 Å². The van der Waals surface area contributed by atoms with E-state index in [4.69, 9.17) is 8.83 Å². The van der Waals surface area contributed by atoms with Crippen molar-refractivity contribution in [2.24, 2.45) is 0 Å². The smallest absolute Gasteiger partial charge is 0.276 e. The van der Waals surface area contributed by atoms with Gasteiger partial charge in [0.2, 0.25) is 5.76 Å². The molecule has 2 aromatic rings. The van der Waals surface area contributed by atoms with Crippen LogP contribution in [-0.2, 0) is 0 Å². The molecule has 3 rings (SSSR count). The van der Waals surface area contributed by atoms with Crippen LogP contribution in [0.15, 0.2) is 33.6 Å². The molecule has 0 bridgehead atoms. The van der Waals surface area contributed by atoms with E-state index in [1.165, 1.54) is 12.8 Å². The highest BCUT2D eigenvalue weighted by Gasteiger charge is 2.25. The Morgan fingerprint density at radius 3 is 2.78 bits per heavy atom. The van der Waals surface area contributed by atoms with Gasteiger partial charge >= 0.3 is 0 Å². The van der Waals surface area contributed by atoms with Gasteiger partial charge in [0.25, 0.3) is 5.91 Å². The summed E-state index contributed by atoms with van der Waals surface area (Å²) in [6.45, 7) is 1.59. The fourth-order valence-corrected chi connectivity index (χ4v) is 2.23. The highest BCUT2D eigenvalue weighted by atomic mass is 16.4. The Balaban J connectivity index is 1.88. The van der Waals surface area contributed by atoms with Gasteiger partial charge in [0.15, 0.2) is 17.8 Å². The minimum Gasteiger partial charge on any atom is -0.461 e. The van der Waals surface area contributed by atoms with E-state index >= 15 is 0 Å². The van der Waals surface area contributed by atoms with Crippen LogP contribution < -0.4 is 0 Å². The molecule has 18 heavy (non-hydrogen) atoms. The summed E-state index contributed by atoms with van der Waals surface area (Å²) in [5, 5.41) is 0. The Morgan fingerprint density at radius 2 is 2.06 bits per heavy atom. The zero-order valence-corrected chi connectivity index (χ0v) is 9.96. The molecular weight excluding hydrogens is 232 g/mol. The highest BCUT2D eigenvalue weighted by Crippen LogP contribution is 2.25. The van der Waals surface area contributed by atoms with Gasteiger partial charge in [0.05, 0.1) is 6.26 Å². The van der Waals surface area contributed by atoms with Crippen LogP contribution in [-0.4, -0.2) is 28.9 Å². The van der Waals surface area contributed by atoms with E-state index in [1.54, 1.807) is 18.4 Å². The average Bonchev–Trinajstić information content (AvgIpc) is 3.09. The van der Waals surface area contributed by atoms with Gasteiger partial charge in [-0.15, -0.1) is 0 Å².